The molecule has 82 valence electrons. The third kappa shape index (κ3) is 2.65. The standard InChI is InChI=1S/C11H13BrClNO/c1-15-9-5-8(6-9)14-11-4-7(12)2-3-10(11)13/h2-4,8-9,14H,5-6H2,1H3. The maximum atomic E-state index is 6.08. The highest BCUT2D eigenvalue weighted by Gasteiger charge is 2.29. The predicted octanol–water partition coefficient (Wildman–Crippen LogP) is 3.69. The first-order chi connectivity index (χ1) is 7.19. The van der Waals surface area contributed by atoms with E-state index in [1.807, 2.05) is 18.2 Å². The second kappa shape index (κ2) is 4.73. The predicted molar refractivity (Wildman–Crippen MR) is 66.6 cm³/mol. The summed E-state index contributed by atoms with van der Waals surface area (Å²) in [5.74, 6) is 0. The molecule has 4 heteroatoms. The van der Waals surface area contributed by atoms with Gasteiger partial charge in [-0.05, 0) is 31.0 Å². The second-order valence-corrected chi connectivity index (χ2v) is 5.12. The Morgan fingerprint density at radius 2 is 2.20 bits per heavy atom. The number of halogens is 2. The van der Waals surface area contributed by atoms with Crippen molar-refractivity contribution in [3.8, 4) is 0 Å². The Morgan fingerprint density at radius 3 is 2.87 bits per heavy atom. The molecule has 0 radical (unpaired) electrons. The number of benzene rings is 1. The van der Waals surface area contributed by atoms with E-state index in [1.165, 1.54) is 0 Å². The second-order valence-electron chi connectivity index (χ2n) is 3.79. The van der Waals surface area contributed by atoms with Crippen molar-refractivity contribution in [2.45, 2.75) is 25.0 Å². The van der Waals surface area contributed by atoms with Gasteiger partial charge in [-0.3, -0.25) is 0 Å². The highest BCUT2D eigenvalue weighted by atomic mass is 79.9. The molecule has 15 heavy (non-hydrogen) atoms. The van der Waals surface area contributed by atoms with Crippen LogP contribution in [0.5, 0.6) is 0 Å². The molecule has 2 nitrogen and oxygen atoms in total. The number of hydrogen-bond donors (Lipinski definition) is 1. The summed E-state index contributed by atoms with van der Waals surface area (Å²) in [5, 5.41) is 4.17. The van der Waals surface area contributed by atoms with Crippen molar-refractivity contribution in [3.63, 3.8) is 0 Å². The zero-order valence-electron chi connectivity index (χ0n) is 8.47. The number of nitrogens with one attached hydrogen (secondary N) is 1. The van der Waals surface area contributed by atoms with Crippen molar-refractivity contribution < 1.29 is 4.74 Å². The van der Waals surface area contributed by atoms with E-state index < -0.39 is 0 Å². The summed E-state index contributed by atoms with van der Waals surface area (Å²) in [5.41, 5.74) is 0.991. The molecule has 0 spiro atoms. The van der Waals surface area contributed by atoms with Crippen LogP contribution in [0, 0.1) is 0 Å². The summed E-state index contributed by atoms with van der Waals surface area (Å²) in [7, 11) is 1.76. The SMILES string of the molecule is COC1CC(Nc2cc(Br)ccc2Cl)C1. The molecule has 1 N–H and O–H groups in total. The van der Waals surface area contributed by atoms with Crippen molar-refractivity contribution in [2.75, 3.05) is 12.4 Å². The minimum Gasteiger partial charge on any atom is -0.381 e. The average Bonchev–Trinajstić information content (AvgIpc) is 2.16. The van der Waals surface area contributed by atoms with Crippen molar-refractivity contribution in [1.82, 2.24) is 0 Å². The zero-order chi connectivity index (χ0) is 10.8. The molecule has 0 unspecified atom stereocenters. The van der Waals surface area contributed by atoms with Gasteiger partial charge in [-0.1, -0.05) is 27.5 Å². The van der Waals surface area contributed by atoms with Crippen LogP contribution in [0.25, 0.3) is 0 Å². The lowest BCUT2D eigenvalue weighted by molar-refractivity contribution is 0.0329. The Morgan fingerprint density at radius 1 is 1.47 bits per heavy atom. The molecule has 1 fully saturated rings. The van der Waals surface area contributed by atoms with Gasteiger partial charge in [-0.25, -0.2) is 0 Å². The molecule has 1 aromatic rings. The van der Waals surface area contributed by atoms with E-state index in [0.717, 1.165) is 28.0 Å². The third-order valence-corrected chi connectivity index (χ3v) is 3.54. The van der Waals surface area contributed by atoms with Crippen LogP contribution in [0.3, 0.4) is 0 Å². The highest BCUT2D eigenvalue weighted by Crippen LogP contribution is 2.31. The molecule has 0 bridgehead atoms. The van der Waals surface area contributed by atoms with Gasteiger partial charge in [0.1, 0.15) is 0 Å². The fourth-order valence-electron chi connectivity index (χ4n) is 1.70. The van der Waals surface area contributed by atoms with Crippen molar-refractivity contribution in [1.29, 1.82) is 0 Å². The summed E-state index contributed by atoms with van der Waals surface area (Å²) < 4.78 is 6.26. The molecular weight excluding hydrogens is 277 g/mol. The number of methoxy groups -OCH3 is 1. The van der Waals surface area contributed by atoms with Crippen LogP contribution >= 0.6 is 27.5 Å². The van der Waals surface area contributed by atoms with E-state index in [-0.39, 0.29) is 0 Å². The first-order valence-corrected chi connectivity index (χ1v) is 6.10. The Labute approximate surface area is 103 Å². The summed E-state index contributed by atoms with van der Waals surface area (Å²) in [4.78, 5) is 0. The molecule has 1 saturated carbocycles. The van der Waals surface area contributed by atoms with E-state index >= 15 is 0 Å². The fourth-order valence-corrected chi connectivity index (χ4v) is 2.24. The molecule has 0 aliphatic heterocycles. The molecule has 0 amide bonds. The van der Waals surface area contributed by atoms with E-state index in [2.05, 4.69) is 21.2 Å². The van der Waals surface area contributed by atoms with E-state index in [4.69, 9.17) is 16.3 Å². The van der Waals surface area contributed by atoms with Crippen molar-refractivity contribution >= 4 is 33.2 Å². The summed E-state index contributed by atoms with van der Waals surface area (Å²) in [6, 6.07) is 6.32. The van der Waals surface area contributed by atoms with Crippen LogP contribution in [-0.2, 0) is 4.74 Å². The number of hydrogen-bond acceptors (Lipinski definition) is 2. The maximum Gasteiger partial charge on any atom is 0.0638 e. The van der Waals surface area contributed by atoms with Gasteiger partial charge in [0.15, 0.2) is 0 Å². The van der Waals surface area contributed by atoms with Crippen LogP contribution in [0.15, 0.2) is 22.7 Å². The topological polar surface area (TPSA) is 21.3 Å². The van der Waals surface area contributed by atoms with Gasteiger partial charge in [-0.2, -0.15) is 0 Å². The fraction of sp³-hybridized carbons (Fsp3) is 0.455. The molecule has 1 aliphatic rings. The number of ether oxygens (including phenoxy) is 1. The molecular formula is C11H13BrClNO. The van der Waals surface area contributed by atoms with Gasteiger partial charge in [0.05, 0.1) is 16.8 Å². The van der Waals surface area contributed by atoms with E-state index in [1.54, 1.807) is 7.11 Å². The summed E-state index contributed by atoms with van der Waals surface area (Å²) in [6.07, 6.45) is 2.52. The van der Waals surface area contributed by atoms with Crippen LogP contribution in [0.1, 0.15) is 12.8 Å². The monoisotopic (exact) mass is 289 g/mol. The lowest BCUT2D eigenvalue weighted by atomic mass is 9.89. The first-order valence-electron chi connectivity index (χ1n) is 4.93. The largest absolute Gasteiger partial charge is 0.381 e. The number of anilines is 1. The van der Waals surface area contributed by atoms with Crippen LogP contribution in [0.2, 0.25) is 5.02 Å². The third-order valence-electron chi connectivity index (χ3n) is 2.72. The smallest absolute Gasteiger partial charge is 0.0638 e. The van der Waals surface area contributed by atoms with Crippen LogP contribution < -0.4 is 5.32 Å². The maximum absolute atomic E-state index is 6.08. The van der Waals surface area contributed by atoms with Crippen LogP contribution in [-0.4, -0.2) is 19.3 Å². The minimum atomic E-state index is 0.411. The summed E-state index contributed by atoms with van der Waals surface area (Å²) in [6.45, 7) is 0. The lowest BCUT2D eigenvalue weighted by Crippen LogP contribution is -2.40. The lowest BCUT2D eigenvalue weighted by Gasteiger charge is -2.35. The van der Waals surface area contributed by atoms with Gasteiger partial charge < -0.3 is 10.1 Å². The van der Waals surface area contributed by atoms with Gasteiger partial charge in [0.25, 0.3) is 0 Å². The van der Waals surface area contributed by atoms with Crippen molar-refractivity contribution in [2.24, 2.45) is 0 Å². The minimum absolute atomic E-state index is 0.411. The molecule has 0 saturated heterocycles. The molecule has 2 rings (SSSR count). The Balaban J connectivity index is 1.97. The molecule has 0 heterocycles. The van der Waals surface area contributed by atoms with Crippen LogP contribution in [0.4, 0.5) is 5.69 Å². The van der Waals surface area contributed by atoms with Crippen molar-refractivity contribution in [3.05, 3.63) is 27.7 Å². The Bertz CT molecular complexity index is 352. The average molecular weight is 291 g/mol. The first kappa shape index (κ1) is 11.2. The van der Waals surface area contributed by atoms with Gasteiger partial charge in [-0.15, -0.1) is 0 Å². The zero-order valence-corrected chi connectivity index (χ0v) is 10.8. The Kier molecular flexibility index (Phi) is 3.54. The molecule has 1 aromatic carbocycles. The Hall–Kier alpha value is -0.250. The van der Waals surface area contributed by atoms with E-state index in [9.17, 15) is 0 Å². The quantitative estimate of drug-likeness (QED) is 0.916. The van der Waals surface area contributed by atoms with Gasteiger partial charge >= 0.3 is 0 Å². The molecule has 0 atom stereocenters. The van der Waals surface area contributed by atoms with E-state index in [0.29, 0.717) is 12.1 Å². The highest BCUT2D eigenvalue weighted by molar-refractivity contribution is 9.10. The van der Waals surface area contributed by atoms with Gasteiger partial charge in [0, 0.05) is 17.6 Å². The number of rotatable bonds is 3. The normalized spacial score (nSPS) is 24.7. The van der Waals surface area contributed by atoms with Gasteiger partial charge in [0.2, 0.25) is 0 Å². The summed E-state index contributed by atoms with van der Waals surface area (Å²) >= 11 is 9.51. The molecule has 0 aromatic heterocycles. The molecule has 1 aliphatic carbocycles.